The first kappa shape index (κ1) is 13.4. The number of nitrogens with zero attached hydrogens (tertiary/aromatic N) is 2. The molecule has 1 atom stereocenters. The minimum atomic E-state index is -0.184. The van der Waals surface area contributed by atoms with Crippen LogP contribution in [0.1, 0.15) is 25.3 Å². The Labute approximate surface area is 111 Å². The number of phenols is 1. The highest BCUT2D eigenvalue weighted by Crippen LogP contribution is 2.31. The Kier molecular flexibility index (Phi) is 4.01. The Balaban J connectivity index is 2.32. The second kappa shape index (κ2) is 5.71. The normalized spacial score (nSPS) is 12.4. The Morgan fingerprint density at radius 1 is 1.37 bits per heavy atom. The van der Waals surface area contributed by atoms with Crippen LogP contribution in [0.5, 0.6) is 11.5 Å². The van der Waals surface area contributed by atoms with E-state index in [0.717, 1.165) is 6.42 Å². The van der Waals surface area contributed by atoms with Gasteiger partial charge in [-0.15, -0.1) is 0 Å². The maximum Gasteiger partial charge on any atom is 0.258 e. The second-order valence-electron chi connectivity index (χ2n) is 3.98. The number of phenolic OH excluding ortho intramolecular Hbond substituents is 1. The van der Waals surface area contributed by atoms with Crippen molar-refractivity contribution in [1.82, 2.24) is 10.1 Å². The van der Waals surface area contributed by atoms with E-state index in [1.54, 1.807) is 19.2 Å². The van der Waals surface area contributed by atoms with Crippen molar-refractivity contribution < 1.29 is 19.1 Å². The smallest absolute Gasteiger partial charge is 0.258 e. The molecule has 1 N–H and O–H groups in total. The quantitative estimate of drug-likeness (QED) is 0.894. The maximum absolute atomic E-state index is 9.54. The molecule has 0 saturated heterocycles. The molecule has 0 aliphatic heterocycles. The van der Waals surface area contributed by atoms with Crippen molar-refractivity contribution in [2.75, 3.05) is 14.2 Å². The maximum atomic E-state index is 9.54. The average molecular weight is 264 g/mol. The molecule has 0 saturated carbocycles. The first-order chi connectivity index (χ1) is 9.19. The molecule has 6 heteroatoms. The summed E-state index contributed by atoms with van der Waals surface area (Å²) >= 11 is 0. The van der Waals surface area contributed by atoms with Crippen molar-refractivity contribution in [2.24, 2.45) is 0 Å². The van der Waals surface area contributed by atoms with Gasteiger partial charge in [0.05, 0.1) is 7.11 Å². The number of aromatic nitrogens is 2. The molecular weight excluding hydrogens is 248 g/mol. The molecule has 0 bridgehead atoms. The van der Waals surface area contributed by atoms with E-state index in [-0.39, 0.29) is 11.9 Å². The SMILES string of the molecule is CCC(OC)c1noc(-c2ccc(O)c(OC)c2)n1. The minimum Gasteiger partial charge on any atom is -0.504 e. The number of benzene rings is 1. The average Bonchev–Trinajstić information content (AvgIpc) is 2.90. The summed E-state index contributed by atoms with van der Waals surface area (Å²) in [6.45, 7) is 1.98. The summed E-state index contributed by atoms with van der Waals surface area (Å²) in [6.07, 6.45) is 0.575. The van der Waals surface area contributed by atoms with Crippen LogP contribution in [0.25, 0.3) is 11.5 Å². The molecule has 1 aromatic carbocycles. The van der Waals surface area contributed by atoms with Gasteiger partial charge in [-0.25, -0.2) is 0 Å². The lowest BCUT2D eigenvalue weighted by atomic mass is 10.2. The Hall–Kier alpha value is -2.08. The van der Waals surface area contributed by atoms with E-state index in [4.69, 9.17) is 14.0 Å². The van der Waals surface area contributed by atoms with Crippen molar-refractivity contribution in [3.63, 3.8) is 0 Å². The predicted octanol–water partition coefficient (Wildman–Crippen LogP) is 2.55. The van der Waals surface area contributed by atoms with Gasteiger partial charge >= 0.3 is 0 Å². The van der Waals surface area contributed by atoms with Gasteiger partial charge in [-0.05, 0) is 24.6 Å². The van der Waals surface area contributed by atoms with Gasteiger partial charge in [-0.1, -0.05) is 12.1 Å². The monoisotopic (exact) mass is 264 g/mol. The number of ether oxygens (including phenoxy) is 2. The summed E-state index contributed by atoms with van der Waals surface area (Å²) < 4.78 is 15.5. The molecule has 0 amide bonds. The number of aromatic hydroxyl groups is 1. The molecule has 102 valence electrons. The summed E-state index contributed by atoms with van der Waals surface area (Å²) in [5, 5.41) is 13.4. The minimum absolute atomic E-state index is 0.0642. The van der Waals surface area contributed by atoms with E-state index in [1.165, 1.54) is 13.2 Å². The third-order valence-corrected chi connectivity index (χ3v) is 2.81. The van der Waals surface area contributed by atoms with Crippen molar-refractivity contribution in [3.8, 4) is 23.0 Å². The molecule has 6 nitrogen and oxygen atoms in total. The van der Waals surface area contributed by atoms with Gasteiger partial charge in [0.25, 0.3) is 5.89 Å². The lowest BCUT2D eigenvalue weighted by molar-refractivity contribution is 0.0903. The number of methoxy groups -OCH3 is 2. The Morgan fingerprint density at radius 2 is 2.16 bits per heavy atom. The van der Waals surface area contributed by atoms with E-state index in [1.807, 2.05) is 6.92 Å². The van der Waals surface area contributed by atoms with Crippen LogP contribution in [0.15, 0.2) is 22.7 Å². The first-order valence-corrected chi connectivity index (χ1v) is 5.93. The van der Waals surface area contributed by atoms with Crippen molar-refractivity contribution >= 4 is 0 Å². The van der Waals surface area contributed by atoms with Crippen LogP contribution in [0.3, 0.4) is 0 Å². The molecule has 19 heavy (non-hydrogen) atoms. The molecule has 2 rings (SSSR count). The molecule has 1 aromatic heterocycles. The topological polar surface area (TPSA) is 77.6 Å². The highest BCUT2D eigenvalue weighted by atomic mass is 16.5. The highest BCUT2D eigenvalue weighted by molar-refractivity contribution is 5.59. The predicted molar refractivity (Wildman–Crippen MR) is 68.0 cm³/mol. The fourth-order valence-electron chi connectivity index (χ4n) is 1.75. The third-order valence-electron chi connectivity index (χ3n) is 2.81. The summed E-state index contributed by atoms with van der Waals surface area (Å²) in [7, 11) is 3.09. The van der Waals surface area contributed by atoms with Crippen LogP contribution in [-0.4, -0.2) is 29.5 Å². The largest absolute Gasteiger partial charge is 0.504 e. The van der Waals surface area contributed by atoms with Crippen LogP contribution >= 0.6 is 0 Å². The van der Waals surface area contributed by atoms with Crippen LogP contribution < -0.4 is 4.74 Å². The molecule has 0 radical (unpaired) electrons. The fourth-order valence-corrected chi connectivity index (χ4v) is 1.75. The van der Waals surface area contributed by atoms with Crippen LogP contribution in [0, 0.1) is 0 Å². The zero-order chi connectivity index (χ0) is 13.8. The van der Waals surface area contributed by atoms with Crippen molar-refractivity contribution in [2.45, 2.75) is 19.4 Å². The van der Waals surface area contributed by atoms with Gasteiger partial charge in [0.1, 0.15) is 6.10 Å². The summed E-state index contributed by atoms with van der Waals surface area (Å²) in [5.41, 5.74) is 0.680. The molecule has 1 heterocycles. The van der Waals surface area contributed by atoms with E-state index >= 15 is 0 Å². The molecule has 0 fully saturated rings. The summed E-state index contributed by atoms with van der Waals surface area (Å²) in [4.78, 5) is 4.29. The number of hydrogen-bond donors (Lipinski definition) is 1. The van der Waals surface area contributed by atoms with Gasteiger partial charge in [0.2, 0.25) is 5.82 Å². The highest BCUT2D eigenvalue weighted by Gasteiger charge is 2.17. The molecule has 0 aliphatic rings. The Bertz CT molecular complexity index is 549. The fraction of sp³-hybridized carbons (Fsp3) is 0.385. The first-order valence-electron chi connectivity index (χ1n) is 5.93. The molecule has 0 spiro atoms. The number of rotatable bonds is 5. The zero-order valence-electron chi connectivity index (χ0n) is 11.1. The molecular formula is C13H16N2O4. The van der Waals surface area contributed by atoms with E-state index in [9.17, 15) is 5.11 Å². The summed E-state index contributed by atoms with van der Waals surface area (Å²) in [5.74, 6) is 1.29. The van der Waals surface area contributed by atoms with Gasteiger partial charge in [-0.2, -0.15) is 4.98 Å². The lowest BCUT2D eigenvalue weighted by Gasteiger charge is -2.06. The van der Waals surface area contributed by atoms with Gasteiger partial charge < -0.3 is 19.1 Å². The van der Waals surface area contributed by atoms with Gasteiger partial charge in [0.15, 0.2) is 11.5 Å². The van der Waals surface area contributed by atoms with E-state index in [0.29, 0.717) is 23.0 Å². The second-order valence-corrected chi connectivity index (χ2v) is 3.98. The number of hydrogen-bond acceptors (Lipinski definition) is 6. The zero-order valence-corrected chi connectivity index (χ0v) is 11.1. The van der Waals surface area contributed by atoms with Crippen LogP contribution in [0.2, 0.25) is 0 Å². The molecule has 2 aromatic rings. The molecule has 0 aliphatic carbocycles. The van der Waals surface area contributed by atoms with Crippen LogP contribution in [-0.2, 0) is 4.74 Å². The Morgan fingerprint density at radius 3 is 2.79 bits per heavy atom. The van der Waals surface area contributed by atoms with Crippen molar-refractivity contribution in [1.29, 1.82) is 0 Å². The van der Waals surface area contributed by atoms with Gasteiger partial charge in [-0.3, -0.25) is 0 Å². The van der Waals surface area contributed by atoms with E-state index in [2.05, 4.69) is 10.1 Å². The van der Waals surface area contributed by atoms with E-state index < -0.39 is 0 Å². The van der Waals surface area contributed by atoms with Crippen molar-refractivity contribution in [3.05, 3.63) is 24.0 Å². The third kappa shape index (κ3) is 2.68. The molecule has 1 unspecified atom stereocenters. The lowest BCUT2D eigenvalue weighted by Crippen LogP contribution is -2.01. The van der Waals surface area contributed by atoms with Gasteiger partial charge in [0, 0.05) is 12.7 Å². The van der Waals surface area contributed by atoms with Crippen LogP contribution in [0.4, 0.5) is 0 Å². The summed E-state index contributed by atoms with van der Waals surface area (Å²) in [6, 6.07) is 4.84. The standard InChI is InChI=1S/C13H16N2O4/c1-4-10(17-2)12-14-13(19-15-12)8-5-6-9(16)11(7-8)18-3/h5-7,10,16H,4H2,1-3H3.